The van der Waals surface area contributed by atoms with Gasteiger partial charge < -0.3 is 15.8 Å². The SMILES string of the molecule is COc1ccc(C(=O)CCC(=O)NC2(CN)CCCC2)cc1F. The van der Waals surface area contributed by atoms with E-state index in [1.165, 1.54) is 19.2 Å². The number of nitrogens with two attached hydrogens (primary N) is 1. The van der Waals surface area contributed by atoms with Gasteiger partial charge in [-0.05, 0) is 31.0 Å². The first-order valence-electron chi connectivity index (χ1n) is 7.87. The Morgan fingerprint density at radius 2 is 2.00 bits per heavy atom. The van der Waals surface area contributed by atoms with Crippen LogP contribution >= 0.6 is 0 Å². The highest BCUT2D eigenvalue weighted by atomic mass is 19.1. The lowest BCUT2D eigenvalue weighted by Crippen LogP contribution is -2.51. The van der Waals surface area contributed by atoms with Crippen molar-refractivity contribution in [3.8, 4) is 5.75 Å². The second kappa shape index (κ2) is 7.55. The molecule has 0 atom stereocenters. The van der Waals surface area contributed by atoms with Gasteiger partial charge in [-0.15, -0.1) is 0 Å². The number of carbonyl (C=O) groups excluding carboxylic acids is 2. The zero-order valence-corrected chi connectivity index (χ0v) is 13.4. The number of carbonyl (C=O) groups is 2. The summed E-state index contributed by atoms with van der Waals surface area (Å²) < 4.78 is 18.4. The molecule has 0 unspecified atom stereocenters. The molecule has 1 saturated carbocycles. The lowest BCUT2D eigenvalue weighted by atomic mass is 9.97. The molecule has 126 valence electrons. The lowest BCUT2D eigenvalue weighted by molar-refractivity contribution is -0.122. The minimum atomic E-state index is -0.587. The number of amides is 1. The maximum atomic E-state index is 13.6. The molecule has 3 N–H and O–H groups in total. The second-order valence-corrected chi connectivity index (χ2v) is 6.01. The van der Waals surface area contributed by atoms with Crippen molar-refractivity contribution < 1.29 is 18.7 Å². The number of halogens is 1. The fourth-order valence-electron chi connectivity index (χ4n) is 3.00. The van der Waals surface area contributed by atoms with Crippen LogP contribution in [-0.4, -0.2) is 30.9 Å². The number of rotatable bonds is 7. The Hall–Kier alpha value is -1.95. The fraction of sp³-hybridized carbons (Fsp3) is 0.529. The van der Waals surface area contributed by atoms with Gasteiger partial charge in [0.1, 0.15) is 0 Å². The number of ketones is 1. The molecule has 23 heavy (non-hydrogen) atoms. The van der Waals surface area contributed by atoms with Gasteiger partial charge in [-0.2, -0.15) is 0 Å². The minimum Gasteiger partial charge on any atom is -0.494 e. The number of hydrogen-bond donors (Lipinski definition) is 2. The van der Waals surface area contributed by atoms with Crippen molar-refractivity contribution in [3.05, 3.63) is 29.6 Å². The number of hydrogen-bond acceptors (Lipinski definition) is 4. The molecule has 5 nitrogen and oxygen atoms in total. The molecular weight excluding hydrogens is 299 g/mol. The zero-order chi connectivity index (χ0) is 16.9. The molecule has 1 aromatic carbocycles. The number of Topliss-reactive ketones (excluding diaryl/α,β-unsaturated/α-hetero) is 1. The van der Waals surface area contributed by atoms with Crippen molar-refractivity contribution >= 4 is 11.7 Å². The van der Waals surface area contributed by atoms with Crippen LogP contribution in [0.25, 0.3) is 0 Å². The highest BCUT2D eigenvalue weighted by Gasteiger charge is 2.33. The molecule has 0 aliphatic heterocycles. The normalized spacial score (nSPS) is 16.1. The van der Waals surface area contributed by atoms with Gasteiger partial charge in [-0.1, -0.05) is 12.8 Å². The van der Waals surface area contributed by atoms with E-state index in [-0.39, 0.29) is 41.4 Å². The van der Waals surface area contributed by atoms with Gasteiger partial charge >= 0.3 is 0 Å². The van der Waals surface area contributed by atoms with Crippen LogP contribution in [-0.2, 0) is 4.79 Å². The maximum Gasteiger partial charge on any atom is 0.220 e. The van der Waals surface area contributed by atoms with E-state index in [9.17, 15) is 14.0 Å². The minimum absolute atomic E-state index is 0.0399. The van der Waals surface area contributed by atoms with Gasteiger partial charge in [0.25, 0.3) is 0 Å². The summed E-state index contributed by atoms with van der Waals surface area (Å²) >= 11 is 0. The van der Waals surface area contributed by atoms with Crippen molar-refractivity contribution in [2.45, 2.75) is 44.1 Å². The third-order valence-electron chi connectivity index (χ3n) is 4.41. The Morgan fingerprint density at radius 3 is 2.57 bits per heavy atom. The van der Waals surface area contributed by atoms with E-state index in [1.54, 1.807) is 0 Å². The molecule has 1 amide bonds. The fourth-order valence-corrected chi connectivity index (χ4v) is 3.00. The largest absolute Gasteiger partial charge is 0.494 e. The quantitative estimate of drug-likeness (QED) is 0.754. The molecule has 0 spiro atoms. The van der Waals surface area contributed by atoms with Crippen molar-refractivity contribution in [1.82, 2.24) is 5.32 Å². The Morgan fingerprint density at radius 1 is 1.30 bits per heavy atom. The molecule has 1 fully saturated rings. The van der Waals surface area contributed by atoms with Gasteiger partial charge in [0.2, 0.25) is 5.91 Å². The van der Waals surface area contributed by atoms with Crippen LogP contribution in [0, 0.1) is 5.82 Å². The molecule has 6 heteroatoms. The molecule has 1 aromatic rings. The summed E-state index contributed by atoms with van der Waals surface area (Å²) in [5.41, 5.74) is 5.70. The second-order valence-electron chi connectivity index (χ2n) is 6.01. The topological polar surface area (TPSA) is 81.4 Å². The van der Waals surface area contributed by atoms with Crippen LogP contribution in [0.15, 0.2) is 18.2 Å². The number of ether oxygens (including phenoxy) is 1. The smallest absolute Gasteiger partial charge is 0.220 e. The molecule has 1 aliphatic carbocycles. The molecule has 2 rings (SSSR count). The summed E-state index contributed by atoms with van der Waals surface area (Å²) in [5, 5.41) is 2.97. The lowest BCUT2D eigenvalue weighted by Gasteiger charge is -2.28. The highest BCUT2D eigenvalue weighted by molar-refractivity contribution is 5.98. The molecule has 0 saturated heterocycles. The summed E-state index contributed by atoms with van der Waals surface area (Å²) in [4.78, 5) is 24.1. The van der Waals surface area contributed by atoms with Gasteiger partial charge in [0.15, 0.2) is 17.3 Å². The van der Waals surface area contributed by atoms with E-state index >= 15 is 0 Å². The van der Waals surface area contributed by atoms with E-state index < -0.39 is 5.82 Å². The van der Waals surface area contributed by atoms with Gasteiger partial charge in [0.05, 0.1) is 12.6 Å². The highest BCUT2D eigenvalue weighted by Crippen LogP contribution is 2.28. The molecule has 1 aliphatic rings. The van der Waals surface area contributed by atoms with Crippen LogP contribution < -0.4 is 15.8 Å². The Balaban J connectivity index is 1.88. The Labute approximate surface area is 135 Å². The van der Waals surface area contributed by atoms with E-state index in [0.29, 0.717) is 6.54 Å². The first-order valence-corrected chi connectivity index (χ1v) is 7.87. The number of benzene rings is 1. The maximum absolute atomic E-state index is 13.6. The van der Waals surface area contributed by atoms with E-state index in [2.05, 4.69) is 5.32 Å². The predicted molar refractivity (Wildman–Crippen MR) is 84.9 cm³/mol. The summed E-state index contributed by atoms with van der Waals surface area (Å²) in [6, 6.07) is 4.04. The molecular formula is C17H23FN2O3. The van der Waals surface area contributed by atoms with Gasteiger partial charge in [-0.25, -0.2) is 4.39 Å². The molecule has 0 bridgehead atoms. The summed E-state index contributed by atoms with van der Waals surface area (Å²) in [7, 11) is 1.36. The summed E-state index contributed by atoms with van der Waals surface area (Å²) in [6.07, 6.45) is 4.00. The average Bonchev–Trinajstić information content (AvgIpc) is 3.01. The number of methoxy groups -OCH3 is 1. The number of nitrogens with one attached hydrogen (secondary N) is 1. The molecule has 0 aromatic heterocycles. The van der Waals surface area contributed by atoms with Crippen LogP contribution in [0.2, 0.25) is 0 Å². The molecule has 0 radical (unpaired) electrons. The van der Waals surface area contributed by atoms with Crippen molar-refractivity contribution in [2.75, 3.05) is 13.7 Å². The zero-order valence-electron chi connectivity index (χ0n) is 13.4. The first-order chi connectivity index (χ1) is 11.0. The van der Waals surface area contributed by atoms with Crippen molar-refractivity contribution in [1.29, 1.82) is 0 Å². The average molecular weight is 322 g/mol. The van der Waals surface area contributed by atoms with Crippen LogP contribution in [0.3, 0.4) is 0 Å². The van der Waals surface area contributed by atoms with Crippen molar-refractivity contribution in [2.24, 2.45) is 5.73 Å². The third-order valence-corrected chi connectivity index (χ3v) is 4.41. The van der Waals surface area contributed by atoms with E-state index in [0.717, 1.165) is 31.7 Å². The van der Waals surface area contributed by atoms with Gasteiger partial charge in [0, 0.05) is 24.9 Å². The first kappa shape index (κ1) is 17.4. The van der Waals surface area contributed by atoms with Crippen molar-refractivity contribution in [3.63, 3.8) is 0 Å². The monoisotopic (exact) mass is 322 g/mol. The van der Waals surface area contributed by atoms with Crippen LogP contribution in [0.1, 0.15) is 48.9 Å². The Bertz CT molecular complexity index is 583. The standard InChI is InChI=1S/C17H23FN2O3/c1-23-15-6-4-12(10-13(15)18)14(21)5-7-16(22)20-17(11-19)8-2-3-9-17/h4,6,10H,2-3,5,7-9,11,19H2,1H3,(H,20,22). The predicted octanol–water partition coefficient (Wildman–Crippen LogP) is 2.18. The summed E-state index contributed by atoms with van der Waals surface area (Å²) in [5.74, 6) is -0.948. The van der Waals surface area contributed by atoms with Gasteiger partial charge in [-0.3, -0.25) is 9.59 Å². The van der Waals surface area contributed by atoms with Crippen LogP contribution in [0.5, 0.6) is 5.75 Å². The Kier molecular flexibility index (Phi) is 5.71. The van der Waals surface area contributed by atoms with E-state index in [1.807, 2.05) is 0 Å². The van der Waals surface area contributed by atoms with E-state index in [4.69, 9.17) is 10.5 Å². The summed E-state index contributed by atoms with van der Waals surface area (Å²) in [6.45, 7) is 0.413. The van der Waals surface area contributed by atoms with Crippen LogP contribution in [0.4, 0.5) is 4.39 Å². The molecule has 0 heterocycles. The third kappa shape index (κ3) is 4.28.